The third-order valence-corrected chi connectivity index (χ3v) is 6.12. The van der Waals surface area contributed by atoms with Gasteiger partial charge in [-0.25, -0.2) is 0 Å². The lowest BCUT2D eigenvalue weighted by atomic mass is 10.1. The van der Waals surface area contributed by atoms with Gasteiger partial charge in [0.15, 0.2) is 0 Å². The normalized spacial score (nSPS) is 10.8. The van der Waals surface area contributed by atoms with Crippen LogP contribution in [-0.4, -0.2) is 15.7 Å². The number of aromatic nitrogens is 2. The van der Waals surface area contributed by atoms with Gasteiger partial charge in [-0.15, -0.1) is 11.3 Å². The molecule has 2 aromatic carbocycles. The largest absolute Gasteiger partial charge is 0.489 e. The fourth-order valence-electron chi connectivity index (χ4n) is 3.24. The van der Waals surface area contributed by atoms with Gasteiger partial charge in [-0.05, 0) is 70.5 Å². The Morgan fingerprint density at radius 3 is 2.81 bits per heavy atom. The monoisotopic (exact) mass is 495 g/mol. The van der Waals surface area contributed by atoms with Crippen molar-refractivity contribution in [1.82, 2.24) is 9.78 Å². The van der Waals surface area contributed by atoms with Crippen LogP contribution in [0.2, 0.25) is 0 Å². The lowest BCUT2D eigenvalue weighted by Crippen LogP contribution is -2.10. The van der Waals surface area contributed by atoms with Gasteiger partial charge in [0, 0.05) is 17.4 Å². The van der Waals surface area contributed by atoms with Crippen molar-refractivity contribution in [1.29, 1.82) is 0 Å². The first-order valence-electron chi connectivity index (χ1n) is 9.82. The molecule has 2 heterocycles. The first-order valence-corrected chi connectivity index (χ1v) is 11.5. The van der Waals surface area contributed by atoms with E-state index in [-0.39, 0.29) is 5.91 Å². The van der Waals surface area contributed by atoms with Gasteiger partial charge < -0.3 is 10.1 Å². The molecule has 0 saturated carbocycles. The number of thiophene rings is 1. The third-order valence-electron chi connectivity index (χ3n) is 4.73. The van der Waals surface area contributed by atoms with E-state index >= 15 is 0 Å². The second-order valence-electron chi connectivity index (χ2n) is 7.39. The molecule has 1 amide bonds. The summed E-state index contributed by atoms with van der Waals surface area (Å²) < 4.78 is 8.70. The number of carbonyl (C=O) groups excluding carboxylic acids is 1. The summed E-state index contributed by atoms with van der Waals surface area (Å²) in [5.41, 5.74) is 5.11. The van der Waals surface area contributed by atoms with Gasteiger partial charge in [0.2, 0.25) is 0 Å². The molecule has 7 heteroatoms. The minimum absolute atomic E-state index is 0.123. The van der Waals surface area contributed by atoms with E-state index in [1.165, 1.54) is 16.9 Å². The predicted octanol–water partition coefficient (Wildman–Crippen LogP) is 6.20. The number of amides is 1. The van der Waals surface area contributed by atoms with Crippen LogP contribution >= 0.6 is 27.3 Å². The number of halogens is 1. The standard InChI is InChI=1S/C24H22BrN3O2S/c1-16-6-7-22(17(2)8-16)30-14-19-10-23(31-15-19)24(29)27-21-5-3-4-18(9-21)12-28-13-20(25)11-26-28/h3-11,13,15H,12,14H2,1-2H3,(H,27,29). The molecule has 4 rings (SSSR count). The van der Waals surface area contributed by atoms with Crippen molar-refractivity contribution >= 4 is 38.9 Å². The summed E-state index contributed by atoms with van der Waals surface area (Å²) in [6, 6.07) is 15.8. The number of anilines is 1. The molecule has 0 aliphatic rings. The predicted molar refractivity (Wildman–Crippen MR) is 128 cm³/mol. The summed E-state index contributed by atoms with van der Waals surface area (Å²) in [5, 5.41) is 9.22. The number of aryl methyl sites for hydroxylation is 2. The van der Waals surface area contributed by atoms with Crippen LogP contribution in [0.15, 0.2) is 70.8 Å². The summed E-state index contributed by atoms with van der Waals surface area (Å²) >= 11 is 4.82. The van der Waals surface area contributed by atoms with E-state index in [1.54, 1.807) is 6.20 Å². The minimum Gasteiger partial charge on any atom is -0.489 e. The molecular weight excluding hydrogens is 474 g/mol. The maximum atomic E-state index is 12.7. The van der Waals surface area contributed by atoms with Crippen LogP contribution in [0.25, 0.3) is 0 Å². The van der Waals surface area contributed by atoms with Crippen LogP contribution in [0.1, 0.15) is 31.9 Å². The Bertz CT molecular complexity index is 1220. The van der Waals surface area contributed by atoms with Crippen molar-refractivity contribution in [3.63, 3.8) is 0 Å². The average molecular weight is 496 g/mol. The molecule has 5 nitrogen and oxygen atoms in total. The number of nitrogens with one attached hydrogen (secondary N) is 1. The second kappa shape index (κ2) is 9.49. The highest BCUT2D eigenvalue weighted by molar-refractivity contribution is 9.10. The number of carbonyl (C=O) groups is 1. The molecule has 158 valence electrons. The third kappa shape index (κ3) is 5.62. The molecule has 0 fully saturated rings. The van der Waals surface area contributed by atoms with Gasteiger partial charge >= 0.3 is 0 Å². The molecule has 0 spiro atoms. The number of hydrogen-bond acceptors (Lipinski definition) is 4. The van der Waals surface area contributed by atoms with E-state index < -0.39 is 0 Å². The van der Waals surface area contributed by atoms with Gasteiger partial charge in [-0.2, -0.15) is 5.10 Å². The van der Waals surface area contributed by atoms with Crippen molar-refractivity contribution < 1.29 is 9.53 Å². The Morgan fingerprint density at radius 2 is 2.03 bits per heavy atom. The van der Waals surface area contributed by atoms with Gasteiger partial charge in [0.25, 0.3) is 5.91 Å². The zero-order chi connectivity index (χ0) is 21.8. The van der Waals surface area contributed by atoms with E-state index in [1.807, 2.05) is 65.6 Å². The Labute approximate surface area is 193 Å². The van der Waals surface area contributed by atoms with Gasteiger partial charge in [-0.1, -0.05) is 29.8 Å². The number of rotatable bonds is 7. The molecule has 1 N–H and O–H groups in total. The number of hydrogen-bond donors (Lipinski definition) is 1. The van der Waals surface area contributed by atoms with Crippen LogP contribution in [-0.2, 0) is 13.2 Å². The molecule has 0 radical (unpaired) electrons. The first kappa shape index (κ1) is 21.3. The van der Waals surface area contributed by atoms with Crippen LogP contribution < -0.4 is 10.1 Å². The Balaban J connectivity index is 1.37. The fraction of sp³-hybridized carbons (Fsp3) is 0.167. The van der Waals surface area contributed by atoms with Crippen molar-refractivity contribution in [2.24, 2.45) is 0 Å². The smallest absolute Gasteiger partial charge is 0.265 e. The maximum Gasteiger partial charge on any atom is 0.265 e. The summed E-state index contributed by atoms with van der Waals surface area (Å²) in [4.78, 5) is 13.4. The van der Waals surface area contributed by atoms with E-state index in [0.717, 1.165) is 32.6 Å². The summed E-state index contributed by atoms with van der Waals surface area (Å²) in [6.45, 7) is 5.16. The zero-order valence-electron chi connectivity index (χ0n) is 17.3. The van der Waals surface area contributed by atoms with E-state index in [2.05, 4.69) is 39.3 Å². The Kier molecular flexibility index (Phi) is 6.53. The molecule has 2 aromatic heterocycles. The average Bonchev–Trinajstić information content (AvgIpc) is 3.37. The second-order valence-corrected chi connectivity index (χ2v) is 9.21. The SMILES string of the molecule is Cc1ccc(OCc2csc(C(=O)Nc3cccc(Cn4cc(Br)cn4)c3)c2)c(C)c1. The quantitative estimate of drug-likeness (QED) is 0.331. The number of ether oxygens (including phenoxy) is 1. The van der Waals surface area contributed by atoms with Gasteiger partial charge in [-0.3, -0.25) is 9.48 Å². The Morgan fingerprint density at radius 1 is 1.16 bits per heavy atom. The van der Waals surface area contributed by atoms with Crippen molar-refractivity contribution in [2.45, 2.75) is 27.0 Å². The molecule has 0 aliphatic carbocycles. The summed E-state index contributed by atoms with van der Waals surface area (Å²) in [5.74, 6) is 0.741. The van der Waals surface area contributed by atoms with Crippen molar-refractivity contribution in [3.8, 4) is 5.75 Å². The number of nitrogens with zero attached hydrogens (tertiary/aromatic N) is 2. The zero-order valence-corrected chi connectivity index (χ0v) is 19.7. The molecule has 4 aromatic rings. The van der Waals surface area contributed by atoms with Crippen LogP contribution in [0.3, 0.4) is 0 Å². The van der Waals surface area contributed by atoms with E-state index in [9.17, 15) is 4.79 Å². The molecular formula is C24H22BrN3O2S. The van der Waals surface area contributed by atoms with Crippen LogP contribution in [0.5, 0.6) is 5.75 Å². The van der Waals surface area contributed by atoms with Crippen LogP contribution in [0, 0.1) is 13.8 Å². The van der Waals surface area contributed by atoms with Gasteiger partial charge in [0.1, 0.15) is 12.4 Å². The summed E-state index contributed by atoms with van der Waals surface area (Å²) in [7, 11) is 0. The summed E-state index contributed by atoms with van der Waals surface area (Å²) in [6.07, 6.45) is 3.67. The van der Waals surface area contributed by atoms with E-state index in [4.69, 9.17) is 4.74 Å². The maximum absolute atomic E-state index is 12.7. The lowest BCUT2D eigenvalue weighted by molar-refractivity contribution is 0.103. The lowest BCUT2D eigenvalue weighted by Gasteiger charge is -2.08. The molecule has 0 bridgehead atoms. The van der Waals surface area contributed by atoms with Crippen LogP contribution in [0.4, 0.5) is 5.69 Å². The Hall–Kier alpha value is -2.90. The highest BCUT2D eigenvalue weighted by Gasteiger charge is 2.11. The fourth-order valence-corrected chi connectivity index (χ4v) is 4.36. The van der Waals surface area contributed by atoms with E-state index in [0.29, 0.717) is 18.0 Å². The van der Waals surface area contributed by atoms with Crippen molar-refractivity contribution in [3.05, 3.63) is 97.9 Å². The van der Waals surface area contributed by atoms with Crippen molar-refractivity contribution in [2.75, 3.05) is 5.32 Å². The highest BCUT2D eigenvalue weighted by Crippen LogP contribution is 2.23. The minimum atomic E-state index is -0.123. The molecule has 31 heavy (non-hydrogen) atoms. The molecule has 0 unspecified atom stereocenters. The van der Waals surface area contributed by atoms with Gasteiger partial charge in [0.05, 0.1) is 22.1 Å². The highest BCUT2D eigenvalue weighted by atomic mass is 79.9. The molecule has 0 aliphatic heterocycles. The molecule has 0 atom stereocenters. The number of benzene rings is 2. The molecule has 0 saturated heterocycles. The first-order chi connectivity index (χ1) is 15.0. The topological polar surface area (TPSA) is 56.1 Å².